The van der Waals surface area contributed by atoms with Crippen LogP contribution in [0.1, 0.15) is 0 Å². The van der Waals surface area contributed by atoms with Crippen molar-refractivity contribution >= 4 is 17.1 Å². The third-order valence-corrected chi connectivity index (χ3v) is 1.96. The Morgan fingerprint density at radius 1 is 1.25 bits per heavy atom. The summed E-state index contributed by atoms with van der Waals surface area (Å²) < 4.78 is 0.0320. The van der Waals surface area contributed by atoms with Crippen LogP contribution in [0.2, 0.25) is 0 Å². The minimum atomic E-state index is -1.20. The molecule has 2 aromatic rings. The minimum absolute atomic E-state index is 0.0320. The summed E-state index contributed by atoms with van der Waals surface area (Å²) in [4.78, 5) is 41.6. The lowest BCUT2D eigenvalue weighted by molar-refractivity contribution is 0.184. The fraction of sp³-hybridized carbons (Fsp3) is 0.143. The number of anilines is 1. The van der Waals surface area contributed by atoms with E-state index in [-0.39, 0.29) is 21.8 Å². The third kappa shape index (κ3) is 1.26. The second-order valence-electron chi connectivity index (χ2n) is 2.93. The van der Waals surface area contributed by atoms with Crippen LogP contribution in [0.4, 0.5) is 5.95 Å². The maximum atomic E-state index is 11.4. The normalized spacial score (nSPS) is 10.6. The van der Waals surface area contributed by atoms with Gasteiger partial charge in [-0.3, -0.25) is 19.4 Å². The number of H-pyrrole nitrogens is 2. The van der Waals surface area contributed by atoms with Crippen LogP contribution in [0.15, 0.2) is 14.4 Å². The van der Waals surface area contributed by atoms with Crippen molar-refractivity contribution < 1.29 is 5.21 Å². The Balaban J connectivity index is 3.09. The molecule has 0 unspecified atom stereocenters. The highest BCUT2D eigenvalue weighted by Gasteiger charge is 2.11. The molecule has 2 aromatic heterocycles. The second-order valence-corrected chi connectivity index (χ2v) is 2.93. The van der Waals surface area contributed by atoms with E-state index in [1.807, 2.05) is 4.98 Å². The van der Waals surface area contributed by atoms with E-state index in [4.69, 9.17) is 0 Å². The van der Waals surface area contributed by atoms with E-state index in [2.05, 4.69) is 15.3 Å². The fourth-order valence-electron chi connectivity index (χ4n) is 1.21. The number of rotatable bonds is 1. The molecule has 0 saturated heterocycles. The molecular formula is C7H7N5O4. The molecule has 0 radical (unpaired) electrons. The van der Waals surface area contributed by atoms with Crippen molar-refractivity contribution in [2.45, 2.75) is 0 Å². The summed E-state index contributed by atoms with van der Waals surface area (Å²) in [6.07, 6.45) is 0. The van der Waals surface area contributed by atoms with Gasteiger partial charge in [0.25, 0.3) is 5.56 Å². The first-order chi connectivity index (χ1) is 7.54. The fourth-order valence-corrected chi connectivity index (χ4v) is 1.21. The molecular weight excluding hydrogens is 218 g/mol. The van der Waals surface area contributed by atoms with Gasteiger partial charge >= 0.3 is 11.1 Å². The number of aromatic nitrogens is 4. The van der Waals surface area contributed by atoms with Crippen LogP contribution in [0.3, 0.4) is 0 Å². The van der Waals surface area contributed by atoms with E-state index < -0.39 is 16.7 Å². The largest absolute Gasteiger partial charge is 0.423 e. The van der Waals surface area contributed by atoms with Gasteiger partial charge in [0.1, 0.15) is 0 Å². The van der Waals surface area contributed by atoms with E-state index in [9.17, 15) is 19.6 Å². The first-order valence-corrected chi connectivity index (χ1v) is 4.21. The SMILES string of the molecule is CNc1nc2c([nH]c(=O)c(=O)n2O)c(=O)[nH]1. The molecule has 0 bridgehead atoms. The molecule has 9 heteroatoms. The maximum absolute atomic E-state index is 11.4. The molecule has 0 saturated carbocycles. The lowest BCUT2D eigenvalue weighted by Crippen LogP contribution is -2.37. The van der Waals surface area contributed by atoms with E-state index in [1.54, 1.807) is 0 Å². The zero-order chi connectivity index (χ0) is 11.9. The molecule has 0 aliphatic carbocycles. The summed E-state index contributed by atoms with van der Waals surface area (Å²) in [6, 6.07) is 0. The highest BCUT2D eigenvalue weighted by atomic mass is 16.5. The Kier molecular flexibility index (Phi) is 2.01. The standard InChI is InChI=1S/C7H7N5O4/c1-8-7-10-3-2(4(13)11-7)9-5(14)6(15)12(3)16/h16H,1H3,(H,9,14)(H2,8,10,11,13). The van der Waals surface area contributed by atoms with E-state index in [0.717, 1.165) is 0 Å². The van der Waals surface area contributed by atoms with Gasteiger partial charge in [0, 0.05) is 7.05 Å². The summed E-state index contributed by atoms with van der Waals surface area (Å²) in [5, 5.41) is 11.9. The van der Waals surface area contributed by atoms with Crippen molar-refractivity contribution in [1.82, 2.24) is 19.7 Å². The Morgan fingerprint density at radius 2 is 1.94 bits per heavy atom. The van der Waals surface area contributed by atoms with Crippen molar-refractivity contribution in [2.75, 3.05) is 12.4 Å². The number of nitrogens with zero attached hydrogens (tertiary/aromatic N) is 2. The number of nitrogens with one attached hydrogen (secondary N) is 3. The molecule has 4 N–H and O–H groups in total. The van der Waals surface area contributed by atoms with Gasteiger partial charge in [-0.25, -0.2) is 0 Å². The summed E-state index contributed by atoms with van der Waals surface area (Å²) in [5.74, 6) is 0.0618. The molecule has 0 spiro atoms. The lowest BCUT2D eigenvalue weighted by atomic mass is 10.5. The van der Waals surface area contributed by atoms with Crippen molar-refractivity contribution in [1.29, 1.82) is 0 Å². The summed E-state index contributed by atoms with van der Waals surface area (Å²) >= 11 is 0. The Bertz CT molecular complexity index is 724. The lowest BCUT2D eigenvalue weighted by Gasteiger charge is -2.03. The van der Waals surface area contributed by atoms with Gasteiger partial charge in [0.15, 0.2) is 5.52 Å². The molecule has 16 heavy (non-hydrogen) atoms. The topological polar surface area (TPSA) is 133 Å². The molecule has 0 aliphatic rings. The molecule has 2 heterocycles. The highest BCUT2D eigenvalue weighted by Crippen LogP contribution is 2.00. The van der Waals surface area contributed by atoms with Gasteiger partial charge in [-0.15, -0.1) is 4.73 Å². The molecule has 0 fully saturated rings. The molecule has 0 aliphatic heterocycles. The molecule has 9 nitrogen and oxygen atoms in total. The first kappa shape index (κ1) is 9.96. The zero-order valence-electron chi connectivity index (χ0n) is 8.07. The molecule has 0 atom stereocenters. The van der Waals surface area contributed by atoms with Crippen LogP contribution in [-0.4, -0.2) is 31.9 Å². The van der Waals surface area contributed by atoms with Crippen LogP contribution in [0, 0.1) is 0 Å². The van der Waals surface area contributed by atoms with Crippen molar-refractivity contribution in [3.05, 3.63) is 31.1 Å². The van der Waals surface area contributed by atoms with Crippen LogP contribution >= 0.6 is 0 Å². The van der Waals surface area contributed by atoms with Gasteiger partial charge in [-0.05, 0) is 0 Å². The monoisotopic (exact) mass is 225 g/mol. The molecule has 0 amide bonds. The van der Waals surface area contributed by atoms with E-state index >= 15 is 0 Å². The zero-order valence-corrected chi connectivity index (χ0v) is 8.07. The number of hydrogen-bond donors (Lipinski definition) is 4. The first-order valence-electron chi connectivity index (χ1n) is 4.21. The Morgan fingerprint density at radius 3 is 2.56 bits per heavy atom. The predicted octanol–water partition coefficient (Wildman–Crippen LogP) is -1.95. The van der Waals surface area contributed by atoms with Gasteiger partial charge in [-0.1, -0.05) is 0 Å². The van der Waals surface area contributed by atoms with Crippen molar-refractivity contribution in [3.63, 3.8) is 0 Å². The highest BCUT2D eigenvalue weighted by molar-refractivity contribution is 5.69. The van der Waals surface area contributed by atoms with Crippen molar-refractivity contribution in [3.8, 4) is 0 Å². The summed E-state index contributed by atoms with van der Waals surface area (Å²) in [7, 11) is 1.50. The summed E-state index contributed by atoms with van der Waals surface area (Å²) in [6.45, 7) is 0. The number of fused-ring (bicyclic) bond motifs is 1. The Labute approximate surface area is 86.3 Å². The maximum Gasteiger partial charge on any atom is 0.350 e. The van der Waals surface area contributed by atoms with Gasteiger partial charge in [0.2, 0.25) is 11.6 Å². The second kappa shape index (κ2) is 3.22. The van der Waals surface area contributed by atoms with E-state index in [0.29, 0.717) is 0 Å². The quantitative estimate of drug-likeness (QED) is 0.329. The van der Waals surface area contributed by atoms with Crippen LogP contribution in [0.25, 0.3) is 11.2 Å². The average Bonchev–Trinajstić information content (AvgIpc) is 2.27. The number of hydrogen-bond acceptors (Lipinski definition) is 6. The van der Waals surface area contributed by atoms with Crippen molar-refractivity contribution in [2.24, 2.45) is 0 Å². The predicted molar refractivity (Wildman–Crippen MR) is 54.0 cm³/mol. The van der Waals surface area contributed by atoms with Gasteiger partial charge in [-0.2, -0.15) is 4.98 Å². The van der Waals surface area contributed by atoms with E-state index in [1.165, 1.54) is 7.05 Å². The van der Waals surface area contributed by atoms with Gasteiger partial charge in [0.05, 0.1) is 0 Å². The average molecular weight is 225 g/mol. The Hall–Kier alpha value is -2.58. The molecule has 0 aromatic carbocycles. The number of aromatic amines is 2. The molecule has 84 valence electrons. The summed E-state index contributed by atoms with van der Waals surface area (Å²) in [5.41, 5.74) is -3.56. The van der Waals surface area contributed by atoms with Crippen LogP contribution in [0.5, 0.6) is 0 Å². The van der Waals surface area contributed by atoms with Crippen LogP contribution in [-0.2, 0) is 0 Å². The minimum Gasteiger partial charge on any atom is -0.423 e. The van der Waals surface area contributed by atoms with Gasteiger partial charge < -0.3 is 15.5 Å². The third-order valence-electron chi connectivity index (χ3n) is 1.96. The smallest absolute Gasteiger partial charge is 0.350 e. The van der Waals surface area contributed by atoms with Crippen LogP contribution < -0.4 is 22.0 Å². The molecule has 2 rings (SSSR count).